The standard InChI is InChI=1S/C15H23NO3/c1-10-11(2)19-12(3)13(10)14(18)16-8-15(9-17)6-4-5-7-15/h17H,4-9H2,1-3H3,(H,16,18). The number of nitrogens with one attached hydrogen (secondary N) is 1. The lowest BCUT2D eigenvalue weighted by molar-refractivity contribution is 0.0879. The third-order valence-corrected chi connectivity index (χ3v) is 4.41. The Morgan fingerprint density at radius 1 is 1.26 bits per heavy atom. The fraction of sp³-hybridized carbons (Fsp3) is 0.667. The van der Waals surface area contributed by atoms with Gasteiger partial charge in [-0.3, -0.25) is 4.79 Å². The first kappa shape index (κ1) is 14.1. The average molecular weight is 265 g/mol. The summed E-state index contributed by atoms with van der Waals surface area (Å²) in [4.78, 5) is 12.3. The normalized spacial score (nSPS) is 17.7. The Labute approximate surface area is 114 Å². The van der Waals surface area contributed by atoms with Gasteiger partial charge >= 0.3 is 0 Å². The highest BCUT2D eigenvalue weighted by Crippen LogP contribution is 2.37. The van der Waals surface area contributed by atoms with Gasteiger partial charge in [-0.1, -0.05) is 12.8 Å². The lowest BCUT2D eigenvalue weighted by Gasteiger charge is -2.26. The molecule has 1 amide bonds. The zero-order valence-corrected chi connectivity index (χ0v) is 12.0. The first-order valence-corrected chi connectivity index (χ1v) is 6.95. The second-order valence-corrected chi connectivity index (χ2v) is 5.76. The van der Waals surface area contributed by atoms with Gasteiger partial charge in [0.05, 0.1) is 12.2 Å². The molecule has 0 aromatic carbocycles. The number of aryl methyl sites for hydroxylation is 2. The lowest BCUT2D eigenvalue weighted by Crippen LogP contribution is -2.38. The zero-order valence-electron chi connectivity index (χ0n) is 12.0. The number of carbonyl (C=O) groups is 1. The Morgan fingerprint density at radius 2 is 1.89 bits per heavy atom. The van der Waals surface area contributed by atoms with Gasteiger partial charge in [0, 0.05) is 17.5 Å². The van der Waals surface area contributed by atoms with Crippen LogP contribution in [0.5, 0.6) is 0 Å². The van der Waals surface area contributed by atoms with Crippen molar-refractivity contribution in [1.29, 1.82) is 0 Å². The summed E-state index contributed by atoms with van der Waals surface area (Å²) in [5.74, 6) is 1.36. The number of hydrogen-bond acceptors (Lipinski definition) is 3. The van der Waals surface area contributed by atoms with Crippen molar-refractivity contribution in [2.45, 2.75) is 46.5 Å². The largest absolute Gasteiger partial charge is 0.466 e. The van der Waals surface area contributed by atoms with Gasteiger partial charge in [0.1, 0.15) is 11.5 Å². The highest BCUT2D eigenvalue weighted by Gasteiger charge is 2.34. The molecule has 0 atom stereocenters. The Balaban J connectivity index is 2.05. The van der Waals surface area contributed by atoms with E-state index in [0.717, 1.165) is 37.0 Å². The molecule has 1 fully saturated rings. The first-order valence-electron chi connectivity index (χ1n) is 6.95. The van der Waals surface area contributed by atoms with Crippen LogP contribution in [0, 0.1) is 26.2 Å². The molecule has 4 heteroatoms. The van der Waals surface area contributed by atoms with Crippen molar-refractivity contribution < 1.29 is 14.3 Å². The molecule has 0 unspecified atom stereocenters. The van der Waals surface area contributed by atoms with Crippen LogP contribution in [0.1, 0.15) is 53.1 Å². The smallest absolute Gasteiger partial charge is 0.255 e. The van der Waals surface area contributed by atoms with Crippen molar-refractivity contribution in [2.75, 3.05) is 13.2 Å². The molecule has 106 valence electrons. The Kier molecular flexibility index (Phi) is 3.99. The molecule has 2 N–H and O–H groups in total. The predicted octanol–water partition coefficient (Wildman–Crippen LogP) is 2.49. The maximum atomic E-state index is 12.3. The van der Waals surface area contributed by atoms with E-state index >= 15 is 0 Å². The number of hydrogen-bond donors (Lipinski definition) is 2. The lowest BCUT2D eigenvalue weighted by atomic mass is 9.87. The molecule has 1 heterocycles. The summed E-state index contributed by atoms with van der Waals surface area (Å²) in [6, 6.07) is 0. The van der Waals surface area contributed by atoms with Crippen LogP contribution in [0.3, 0.4) is 0 Å². The van der Waals surface area contributed by atoms with Crippen molar-refractivity contribution in [3.8, 4) is 0 Å². The molecule has 0 bridgehead atoms. The molecule has 1 aromatic rings. The van der Waals surface area contributed by atoms with Crippen LogP contribution in [-0.4, -0.2) is 24.2 Å². The van der Waals surface area contributed by atoms with Crippen LogP contribution in [-0.2, 0) is 0 Å². The summed E-state index contributed by atoms with van der Waals surface area (Å²) in [6.07, 6.45) is 4.26. The van der Waals surface area contributed by atoms with Gasteiger partial charge in [0.2, 0.25) is 0 Å². The minimum Gasteiger partial charge on any atom is -0.466 e. The molecule has 1 saturated carbocycles. The molecule has 0 aliphatic heterocycles. The number of rotatable bonds is 4. The van der Waals surface area contributed by atoms with Crippen LogP contribution in [0.15, 0.2) is 4.42 Å². The number of furan rings is 1. The minimum atomic E-state index is -0.115. The van der Waals surface area contributed by atoms with E-state index in [4.69, 9.17) is 4.42 Å². The topological polar surface area (TPSA) is 62.5 Å². The summed E-state index contributed by atoms with van der Waals surface area (Å²) in [7, 11) is 0. The van der Waals surface area contributed by atoms with Crippen molar-refractivity contribution >= 4 is 5.91 Å². The molecule has 0 saturated heterocycles. The Bertz CT molecular complexity index is 470. The van der Waals surface area contributed by atoms with Crippen LogP contribution < -0.4 is 5.32 Å². The molecule has 0 spiro atoms. The van der Waals surface area contributed by atoms with E-state index in [1.54, 1.807) is 0 Å². The van der Waals surface area contributed by atoms with E-state index in [1.165, 1.54) is 0 Å². The fourth-order valence-corrected chi connectivity index (χ4v) is 3.00. The number of aliphatic hydroxyl groups is 1. The van der Waals surface area contributed by atoms with Gasteiger partial charge in [0.15, 0.2) is 0 Å². The van der Waals surface area contributed by atoms with E-state index in [1.807, 2.05) is 20.8 Å². The van der Waals surface area contributed by atoms with Crippen molar-refractivity contribution in [2.24, 2.45) is 5.41 Å². The average Bonchev–Trinajstić information content (AvgIpc) is 2.94. The summed E-state index contributed by atoms with van der Waals surface area (Å²) in [6.45, 7) is 6.27. The van der Waals surface area contributed by atoms with Gasteiger partial charge in [-0.2, -0.15) is 0 Å². The zero-order chi connectivity index (χ0) is 14.0. The maximum Gasteiger partial charge on any atom is 0.255 e. The van der Waals surface area contributed by atoms with Gasteiger partial charge in [-0.15, -0.1) is 0 Å². The molecule has 1 aromatic heterocycles. The number of aliphatic hydroxyl groups excluding tert-OH is 1. The van der Waals surface area contributed by atoms with Crippen LogP contribution in [0.2, 0.25) is 0 Å². The van der Waals surface area contributed by atoms with E-state index < -0.39 is 0 Å². The molecule has 1 aliphatic rings. The fourth-order valence-electron chi connectivity index (χ4n) is 3.00. The summed E-state index contributed by atoms with van der Waals surface area (Å²) in [5.41, 5.74) is 1.43. The molecule has 2 rings (SSSR count). The van der Waals surface area contributed by atoms with E-state index in [0.29, 0.717) is 17.9 Å². The quantitative estimate of drug-likeness (QED) is 0.879. The van der Waals surface area contributed by atoms with E-state index in [2.05, 4.69) is 5.32 Å². The monoisotopic (exact) mass is 265 g/mol. The van der Waals surface area contributed by atoms with Gasteiger partial charge in [0.25, 0.3) is 5.91 Å². The highest BCUT2D eigenvalue weighted by atomic mass is 16.3. The Morgan fingerprint density at radius 3 is 2.37 bits per heavy atom. The van der Waals surface area contributed by atoms with Crippen LogP contribution in [0.25, 0.3) is 0 Å². The van der Waals surface area contributed by atoms with Gasteiger partial charge < -0.3 is 14.8 Å². The first-order chi connectivity index (χ1) is 8.99. The third kappa shape index (κ3) is 2.68. The third-order valence-electron chi connectivity index (χ3n) is 4.41. The SMILES string of the molecule is Cc1oc(C)c(C(=O)NCC2(CO)CCCC2)c1C. The molecule has 4 nitrogen and oxygen atoms in total. The molecular formula is C15H23NO3. The molecule has 1 aliphatic carbocycles. The summed E-state index contributed by atoms with van der Waals surface area (Å²) >= 11 is 0. The van der Waals surface area contributed by atoms with Crippen molar-refractivity contribution in [1.82, 2.24) is 5.32 Å². The second-order valence-electron chi connectivity index (χ2n) is 5.76. The Hall–Kier alpha value is -1.29. The predicted molar refractivity (Wildman–Crippen MR) is 73.2 cm³/mol. The highest BCUT2D eigenvalue weighted by molar-refractivity contribution is 5.96. The van der Waals surface area contributed by atoms with E-state index in [-0.39, 0.29) is 17.9 Å². The minimum absolute atomic E-state index is 0.0911. The summed E-state index contributed by atoms with van der Waals surface area (Å²) < 4.78 is 5.48. The van der Waals surface area contributed by atoms with Gasteiger partial charge in [-0.25, -0.2) is 0 Å². The summed E-state index contributed by atoms with van der Waals surface area (Å²) in [5, 5.41) is 12.5. The molecule has 0 radical (unpaired) electrons. The number of amides is 1. The van der Waals surface area contributed by atoms with Crippen LogP contribution >= 0.6 is 0 Å². The van der Waals surface area contributed by atoms with Crippen LogP contribution in [0.4, 0.5) is 0 Å². The second kappa shape index (κ2) is 5.37. The number of carbonyl (C=O) groups excluding carboxylic acids is 1. The molecule has 19 heavy (non-hydrogen) atoms. The van der Waals surface area contributed by atoms with Gasteiger partial charge in [-0.05, 0) is 33.6 Å². The van der Waals surface area contributed by atoms with Crippen molar-refractivity contribution in [3.63, 3.8) is 0 Å². The van der Waals surface area contributed by atoms with E-state index in [9.17, 15) is 9.90 Å². The molecular weight excluding hydrogens is 242 g/mol. The maximum absolute atomic E-state index is 12.3. The van der Waals surface area contributed by atoms with Crippen molar-refractivity contribution in [3.05, 3.63) is 22.6 Å².